The summed E-state index contributed by atoms with van der Waals surface area (Å²) in [5, 5.41) is 11.9. The molecule has 2 N–H and O–H groups in total. The fourth-order valence-electron chi connectivity index (χ4n) is 4.49. The number of hydrogen-bond acceptors (Lipinski definition) is 4. The molecule has 0 aromatic heterocycles. The molecule has 0 radical (unpaired) electrons. The van der Waals surface area contributed by atoms with Crippen LogP contribution in [0.2, 0.25) is 0 Å². The molecule has 1 heterocycles. The fraction of sp³-hybridized carbons (Fsp3) is 0.346. The van der Waals surface area contributed by atoms with Crippen LogP contribution in [0.15, 0.2) is 48.5 Å². The van der Waals surface area contributed by atoms with Gasteiger partial charge in [0.1, 0.15) is 12.6 Å². The summed E-state index contributed by atoms with van der Waals surface area (Å²) < 4.78 is 5.55. The second kappa shape index (κ2) is 8.99. The summed E-state index contributed by atoms with van der Waals surface area (Å²) in [4.78, 5) is 38.2. The molecule has 7 nitrogen and oxygen atoms in total. The Bertz CT molecular complexity index is 1110. The number of hydrogen-bond donors (Lipinski definition) is 2. The van der Waals surface area contributed by atoms with Crippen LogP contribution in [0, 0.1) is 17.3 Å². The molecule has 1 fully saturated rings. The van der Waals surface area contributed by atoms with Crippen LogP contribution in [0.3, 0.4) is 0 Å². The van der Waals surface area contributed by atoms with Crippen molar-refractivity contribution in [1.29, 1.82) is 0 Å². The minimum atomic E-state index is -0.958. The molecule has 1 aliphatic heterocycles. The van der Waals surface area contributed by atoms with E-state index in [4.69, 9.17) is 4.74 Å². The van der Waals surface area contributed by atoms with Gasteiger partial charge in [0.15, 0.2) is 0 Å². The van der Waals surface area contributed by atoms with Crippen LogP contribution in [0.1, 0.15) is 37.3 Å². The normalized spacial score (nSPS) is 16.4. The quantitative estimate of drug-likeness (QED) is 0.664. The predicted molar refractivity (Wildman–Crippen MR) is 122 cm³/mol. The minimum absolute atomic E-state index is 0.0839. The summed E-state index contributed by atoms with van der Waals surface area (Å²) in [5.74, 6) is 4.16. The lowest BCUT2D eigenvalue weighted by molar-refractivity contribution is -0.164. The average Bonchev–Trinajstić information content (AvgIpc) is 3.11. The number of alkyl carbamates (subject to hydrolysis) is 1. The molecule has 1 unspecified atom stereocenters. The minimum Gasteiger partial charge on any atom is -0.481 e. The largest absolute Gasteiger partial charge is 0.481 e. The molecular weight excluding hydrogens is 420 g/mol. The van der Waals surface area contributed by atoms with E-state index in [1.807, 2.05) is 36.4 Å². The third-order valence-corrected chi connectivity index (χ3v) is 6.32. The number of carbonyl (C=O) groups is 3. The topological polar surface area (TPSA) is 95.9 Å². The number of carboxylic acids is 1. The van der Waals surface area contributed by atoms with Crippen LogP contribution in [-0.2, 0) is 14.3 Å². The van der Waals surface area contributed by atoms with Crippen molar-refractivity contribution in [1.82, 2.24) is 10.2 Å². The first-order chi connectivity index (χ1) is 15.8. The monoisotopic (exact) mass is 446 g/mol. The Morgan fingerprint density at radius 1 is 1.12 bits per heavy atom. The first kappa shape index (κ1) is 22.4. The van der Waals surface area contributed by atoms with E-state index < -0.39 is 23.5 Å². The van der Waals surface area contributed by atoms with Gasteiger partial charge in [0, 0.05) is 25.4 Å². The molecule has 0 spiro atoms. The summed E-state index contributed by atoms with van der Waals surface area (Å²) in [7, 11) is 0. The Morgan fingerprint density at radius 2 is 1.70 bits per heavy atom. The van der Waals surface area contributed by atoms with Gasteiger partial charge in [0.05, 0.1) is 5.41 Å². The van der Waals surface area contributed by atoms with Crippen LogP contribution >= 0.6 is 0 Å². The lowest BCUT2D eigenvalue weighted by atomic mass is 9.81. The summed E-state index contributed by atoms with van der Waals surface area (Å²) in [6.07, 6.45) is -0.575. The summed E-state index contributed by atoms with van der Waals surface area (Å²) >= 11 is 0. The van der Waals surface area contributed by atoms with Gasteiger partial charge >= 0.3 is 12.1 Å². The number of fused-ring (bicyclic) bond motifs is 3. The zero-order valence-electron chi connectivity index (χ0n) is 18.6. The molecule has 33 heavy (non-hydrogen) atoms. The van der Waals surface area contributed by atoms with Crippen molar-refractivity contribution in [3.05, 3.63) is 59.7 Å². The highest BCUT2D eigenvalue weighted by Gasteiger charge is 2.48. The molecule has 1 saturated heterocycles. The number of carboxylic acid groups (broad SMARTS) is 1. The van der Waals surface area contributed by atoms with Gasteiger partial charge in [0.25, 0.3) is 0 Å². The Hall–Kier alpha value is -3.79. The highest BCUT2D eigenvalue weighted by Crippen LogP contribution is 2.44. The van der Waals surface area contributed by atoms with Gasteiger partial charge in [-0.15, -0.1) is 11.8 Å². The van der Waals surface area contributed by atoms with Crippen molar-refractivity contribution in [2.75, 3.05) is 19.7 Å². The van der Waals surface area contributed by atoms with Gasteiger partial charge in [0.2, 0.25) is 5.91 Å². The molecule has 1 atom stereocenters. The van der Waals surface area contributed by atoms with E-state index in [-0.39, 0.29) is 37.9 Å². The van der Waals surface area contributed by atoms with E-state index in [2.05, 4.69) is 29.3 Å². The third-order valence-electron chi connectivity index (χ3n) is 6.32. The van der Waals surface area contributed by atoms with E-state index in [9.17, 15) is 19.5 Å². The van der Waals surface area contributed by atoms with Crippen LogP contribution in [0.25, 0.3) is 11.1 Å². The molecule has 2 amide bonds. The zero-order chi connectivity index (χ0) is 23.6. The van der Waals surface area contributed by atoms with Crippen molar-refractivity contribution in [2.45, 2.75) is 32.2 Å². The number of nitrogens with zero attached hydrogens (tertiary/aromatic N) is 1. The predicted octanol–water partition coefficient (Wildman–Crippen LogP) is 3.24. The maximum Gasteiger partial charge on any atom is 0.407 e. The number of aliphatic carboxylic acids is 1. The molecular formula is C26H26N2O5. The molecule has 2 aromatic rings. The van der Waals surface area contributed by atoms with Crippen molar-refractivity contribution < 1.29 is 24.2 Å². The second-order valence-corrected chi connectivity index (χ2v) is 8.71. The summed E-state index contributed by atoms with van der Waals surface area (Å²) in [6.45, 7) is 3.59. The van der Waals surface area contributed by atoms with Crippen LogP contribution in [0.4, 0.5) is 4.79 Å². The lowest BCUT2D eigenvalue weighted by Crippen LogP contribution is -2.64. The maximum absolute atomic E-state index is 12.9. The van der Waals surface area contributed by atoms with E-state index in [1.54, 1.807) is 13.8 Å². The maximum atomic E-state index is 12.9. The SMILES string of the molecule is CC#CCC(NC(=O)OCC1c2ccccc2-c2ccccc21)C(=O)N1CC(C)(C(=O)O)C1. The molecule has 2 aromatic carbocycles. The van der Waals surface area contributed by atoms with Gasteiger partial charge in [-0.2, -0.15) is 0 Å². The Morgan fingerprint density at radius 3 is 2.24 bits per heavy atom. The van der Waals surface area contributed by atoms with Gasteiger partial charge in [-0.25, -0.2) is 4.79 Å². The van der Waals surface area contributed by atoms with Gasteiger partial charge in [-0.1, -0.05) is 48.5 Å². The highest BCUT2D eigenvalue weighted by molar-refractivity contribution is 5.89. The molecule has 7 heteroatoms. The number of benzene rings is 2. The molecule has 170 valence electrons. The lowest BCUT2D eigenvalue weighted by Gasteiger charge is -2.45. The average molecular weight is 447 g/mol. The van der Waals surface area contributed by atoms with Gasteiger partial charge in [-0.3, -0.25) is 9.59 Å². The Balaban J connectivity index is 1.41. The third kappa shape index (κ3) is 4.29. The molecule has 0 saturated carbocycles. The van der Waals surface area contributed by atoms with Crippen LogP contribution in [0.5, 0.6) is 0 Å². The number of nitrogens with one attached hydrogen (secondary N) is 1. The van der Waals surface area contributed by atoms with Crippen molar-refractivity contribution >= 4 is 18.0 Å². The van der Waals surface area contributed by atoms with Gasteiger partial charge < -0.3 is 20.1 Å². The van der Waals surface area contributed by atoms with Crippen molar-refractivity contribution in [2.24, 2.45) is 5.41 Å². The van der Waals surface area contributed by atoms with E-state index >= 15 is 0 Å². The Kier molecular flexibility index (Phi) is 6.10. The summed E-state index contributed by atoms with van der Waals surface area (Å²) in [5.41, 5.74) is 3.51. The van der Waals surface area contributed by atoms with Gasteiger partial charge in [-0.05, 0) is 36.1 Å². The number of ether oxygens (including phenoxy) is 1. The fourth-order valence-corrected chi connectivity index (χ4v) is 4.49. The van der Waals surface area contributed by atoms with Crippen LogP contribution in [-0.4, -0.2) is 53.7 Å². The van der Waals surface area contributed by atoms with Crippen LogP contribution < -0.4 is 5.32 Å². The Labute approximate surface area is 192 Å². The molecule has 2 aliphatic rings. The van der Waals surface area contributed by atoms with Crippen molar-refractivity contribution in [3.63, 3.8) is 0 Å². The number of carbonyl (C=O) groups excluding carboxylic acids is 2. The zero-order valence-corrected chi connectivity index (χ0v) is 18.6. The van der Waals surface area contributed by atoms with E-state index in [0.29, 0.717) is 0 Å². The van der Waals surface area contributed by atoms with E-state index in [1.165, 1.54) is 4.90 Å². The number of rotatable bonds is 6. The smallest absolute Gasteiger partial charge is 0.407 e. The summed E-state index contributed by atoms with van der Waals surface area (Å²) in [6, 6.07) is 15.2. The number of amides is 2. The van der Waals surface area contributed by atoms with E-state index in [0.717, 1.165) is 22.3 Å². The molecule has 1 aliphatic carbocycles. The number of likely N-dealkylation sites (tertiary alicyclic amines) is 1. The van der Waals surface area contributed by atoms with Crippen molar-refractivity contribution in [3.8, 4) is 23.0 Å². The molecule has 0 bridgehead atoms. The first-order valence-corrected chi connectivity index (χ1v) is 10.9. The second-order valence-electron chi connectivity index (χ2n) is 8.71. The standard InChI is InChI=1S/C26H26N2O5/c1-3-4-13-22(23(29)28-15-26(2,16-28)24(30)31)27-25(32)33-14-21-19-11-7-5-9-17(19)18-10-6-8-12-20(18)21/h5-12,21-22H,13-16H2,1-2H3,(H,27,32)(H,30,31). The first-order valence-electron chi connectivity index (χ1n) is 10.9. The molecule has 4 rings (SSSR count). The highest BCUT2D eigenvalue weighted by atomic mass is 16.5.